The quantitative estimate of drug-likeness (QED) is 0.395. The Hall–Kier alpha value is -2.63. The Morgan fingerprint density at radius 3 is 2.52 bits per heavy atom. The molecule has 6 heteroatoms. The first-order chi connectivity index (χ1) is 12.2. The monoisotopic (exact) mass is 369 g/mol. The standard InChI is InChI=1S/C19H16ClN3OS/c1-2-11-23-18(15-5-7-16(20)8-6-15)13-25-19(23)22-21-12-14-3-9-17(24)10-4-14/h2-10,12-13,24H,1,11H2/b21-12+,22-19+. The summed E-state index contributed by atoms with van der Waals surface area (Å²) in [4.78, 5) is 0.778. The summed E-state index contributed by atoms with van der Waals surface area (Å²) in [6.07, 6.45) is 3.48. The Morgan fingerprint density at radius 2 is 1.84 bits per heavy atom. The van der Waals surface area contributed by atoms with Gasteiger partial charge in [-0.05, 0) is 47.5 Å². The van der Waals surface area contributed by atoms with E-state index in [1.807, 2.05) is 35.7 Å². The second kappa shape index (κ2) is 7.96. The van der Waals surface area contributed by atoms with Crippen LogP contribution in [0, 0.1) is 0 Å². The van der Waals surface area contributed by atoms with Gasteiger partial charge in [-0.25, -0.2) is 0 Å². The van der Waals surface area contributed by atoms with Crippen LogP contribution in [0.5, 0.6) is 5.75 Å². The highest BCUT2D eigenvalue weighted by Gasteiger charge is 2.06. The van der Waals surface area contributed by atoms with Gasteiger partial charge in [0.15, 0.2) is 0 Å². The van der Waals surface area contributed by atoms with E-state index in [1.54, 1.807) is 30.5 Å². The Bertz CT molecular complexity index is 954. The third kappa shape index (κ3) is 4.26. The SMILES string of the molecule is C=CCn1c(-c2ccc(Cl)cc2)cs/c1=N/N=C/c1ccc(O)cc1. The van der Waals surface area contributed by atoms with Gasteiger partial charge in [0.05, 0.1) is 11.9 Å². The molecule has 126 valence electrons. The summed E-state index contributed by atoms with van der Waals surface area (Å²) >= 11 is 7.48. The number of hydrogen-bond donors (Lipinski definition) is 1. The number of thiazole rings is 1. The van der Waals surface area contributed by atoms with Gasteiger partial charge in [0, 0.05) is 16.9 Å². The molecule has 1 aromatic heterocycles. The zero-order chi connectivity index (χ0) is 17.6. The van der Waals surface area contributed by atoms with Gasteiger partial charge in [0.2, 0.25) is 4.80 Å². The molecule has 3 aromatic rings. The predicted octanol–water partition coefficient (Wildman–Crippen LogP) is 4.70. The lowest BCUT2D eigenvalue weighted by Crippen LogP contribution is -2.14. The van der Waals surface area contributed by atoms with E-state index in [0.29, 0.717) is 11.6 Å². The molecule has 0 unspecified atom stereocenters. The number of halogens is 1. The number of benzene rings is 2. The van der Waals surface area contributed by atoms with Crippen LogP contribution in [0.2, 0.25) is 5.02 Å². The summed E-state index contributed by atoms with van der Waals surface area (Å²) < 4.78 is 2.05. The van der Waals surface area contributed by atoms with Gasteiger partial charge in [-0.2, -0.15) is 5.10 Å². The summed E-state index contributed by atoms with van der Waals surface area (Å²) in [6.45, 7) is 4.45. The minimum atomic E-state index is 0.226. The van der Waals surface area contributed by atoms with Gasteiger partial charge >= 0.3 is 0 Å². The lowest BCUT2D eigenvalue weighted by molar-refractivity contribution is 0.475. The van der Waals surface area contributed by atoms with Crippen LogP contribution in [0.3, 0.4) is 0 Å². The van der Waals surface area contributed by atoms with E-state index in [9.17, 15) is 5.11 Å². The minimum Gasteiger partial charge on any atom is -0.508 e. The lowest BCUT2D eigenvalue weighted by Gasteiger charge is -2.06. The number of phenolic OH excluding ortho intramolecular Hbond substituents is 1. The number of aromatic hydroxyl groups is 1. The van der Waals surface area contributed by atoms with Crippen LogP contribution in [0.4, 0.5) is 0 Å². The van der Waals surface area contributed by atoms with Gasteiger partial charge in [-0.15, -0.1) is 23.0 Å². The number of allylic oxidation sites excluding steroid dienone is 1. The van der Waals surface area contributed by atoms with Crippen LogP contribution < -0.4 is 4.80 Å². The number of phenols is 1. The van der Waals surface area contributed by atoms with Crippen molar-refractivity contribution in [3.8, 4) is 17.0 Å². The Morgan fingerprint density at radius 1 is 1.12 bits per heavy atom. The van der Waals surface area contributed by atoms with Gasteiger partial charge in [-0.3, -0.25) is 0 Å². The molecule has 0 aliphatic carbocycles. The van der Waals surface area contributed by atoms with Crippen molar-refractivity contribution in [1.29, 1.82) is 0 Å². The van der Waals surface area contributed by atoms with Crippen molar-refractivity contribution in [2.24, 2.45) is 10.2 Å². The van der Waals surface area contributed by atoms with E-state index in [0.717, 1.165) is 21.6 Å². The third-order valence-corrected chi connectivity index (χ3v) is 4.60. The van der Waals surface area contributed by atoms with Crippen molar-refractivity contribution in [3.05, 3.63) is 82.0 Å². The fourth-order valence-corrected chi connectivity index (χ4v) is 3.27. The van der Waals surface area contributed by atoms with Crippen LogP contribution in [0.1, 0.15) is 5.56 Å². The molecule has 0 radical (unpaired) electrons. The molecule has 0 aliphatic rings. The fraction of sp³-hybridized carbons (Fsp3) is 0.0526. The molecule has 0 saturated carbocycles. The molecule has 0 aliphatic heterocycles. The molecule has 0 bridgehead atoms. The normalized spacial score (nSPS) is 12.0. The van der Waals surface area contributed by atoms with E-state index >= 15 is 0 Å². The van der Waals surface area contributed by atoms with E-state index < -0.39 is 0 Å². The number of hydrogen-bond acceptors (Lipinski definition) is 4. The first-order valence-corrected chi connectivity index (χ1v) is 8.84. The van der Waals surface area contributed by atoms with Crippen molar-refractivity contribution in [3.63, 3.8) is 0 Å². The zero-order valence-electron chi connectivity index (χ0n) is 13.3. The maximum Gasteiger partial charge on any atom is 0.211 e. The van der Waals surface area contributed by atoms with E-state index in [1.165, 1.54) is 11.3 Å². The molecule has 0 spiro atoms. The summed E-state index contributed by atoms with van der Waals surface area (Å²) in [5.41, 5.74) is 2.97. The molecule has 4 nitrogen and oxygen atoms in total. The summed E-state index contributed by atoms with van der Waals surface area (Å²) in [6, 6.07) is 14.5. The van der Waals surface area contributed by atoms with Crippen molar-refractivity contribution in [1.82, 2.24) is 4.57 Å². The number of nitrogens with zero attached hydrogens (tertiary/aromatic N) is 3. The first kappa shape index (κ1) is 17.2. The van der Waals surface area contributed by atoms with E-state index in [-0.39, 0.29) is 5.75 Å². The Balaban J connectivity index is 1.94. The molecule has 25 heavy (non-hydrogen) atoms. The molecule has 3 rings (SSSR count). The second-order valence-corrected chi connectivity index (χ2v) is 6.52. The molecule has 0 atom stereocenters. The average molecular weight is 370 g/mol. The van der Waals surface area contributed by atoms with Crippen LogP contribution in [-0.2, 0) is 6.54 Å². The smallest absolute Gasteiger partial charge is 0.211 e. The number of rotatable bonds is 5. The Labute approximate surface area is 154 Å². The highest BCUT2D eigenvalue weighted by Crippen LogP contribution is 2.22. The van der Waals surface area contributed by atoms with Crippen molar-refractivity contribution >= 4 is 29.2 Å². The third-order valence-electron chi connectivity index (χ3n) is 3.49. The molecule has 2 aromatic carbocycles. The molecule has 1 heterocycles. The van der Waals surface area contributed by atoms with Crippen molar-refractivity contribution in [2.45, 2.75) is 6.54 Å². The topological polar surface area (TPSA) is 49.9 Å². The van der Waals surface area contributed by atoms with Gasteiger partial charge in [0.25, 0.3) is 0 Å². The largest absolute Gasteiger partial charge is 0.508 e. The van der Waals surface area contributed by atoms with E-state index in [4.69, 9.17) is 11.6 Å². The molecular weight excluding hydrogens is 354 g/mol. The molecule has 0 amide bonds. The van der Waals surface area contributed by atoms with Crippen LogP contribution >= 0.6 is 22.9 Å². The predicted molar refractivity (Wildman–Crippen MR) is 104 cm³/mol. The van der Waals surface area contributed by atoms with Gasteiger partial charge in [0.1, 0.15) is 5.75 Å². The van der Waals surface area contributed by atoms with Gasteiger partial charge in [-0.1, -0.05) is 29.8 Å². The Kier molecular flexibility index (Phi) is 5.48. The van der Waals surface area contributed by atoms with Crippen molar-refractivity contribution in [2.75, 3.05) is 0 Å². The van der Waals surface area contributed by atoms with Crippen LogP contribution in [0.25, 0.3) is 11.3 Å². The molecule has 0 saturated heterocycles. The summed E-state index contributed by atoms with van der Waals surface area (Å²) in [5.74, 6) is 0.226. The molecule has 1 N–H and O–H groups in total. The second-order valence-electron chi connectivity index (χ2n) is 5.25. The van der Waals surface area contributed by atoms with Crippen LogP contribution in [0.15, 0.2) is 76.8 Å². The highest BCUT2D eigenvalue weighted by atomic mass is 35.5. The zero-order valence-corrected chi connectivity index (χ0v) is 14.9. The lowest BCUT2D eigenvalue weighted by atomic mass is 10.2. The maximum absolute atomic E-state index is 9.30. The average Bonchev–Trinajstić information content (AvgIpc) is 3.01. The highest BCUT2D eigenvalue weighted by molar-refractivity contribution is 7.07. The minimum absolute atomic E-state index is 0.226. The maximum atomic E-state index is 9.30. The molecular formula is C19H16ClN3OS. The summed E-state index contributed by atoms with van der Waals surface area (Å²) in [5, 5.41) is 20.5. The van der Waals surface area contributed by atoms with E-state index in [2.05, 4.69) is 21.3 Å². The first-order valence-electron chi connectivity index (χ1n) is 7.58. The van der Waals surface area contributed by atoms with Crippen LogP contribution in [-0.4, -0.2) is 15.9 Å². The van der Waals surface area contributed by atoms with Gasteiger partial charge < -0.3 is 9.67 Å². The fourth-order valence-electron chi connectivity index (χ4n) is 2.27. The molecule has 0 fully saturated rings. The van der Waals surface area contributed by atoms with Crippen molar-refractivity contribution < 1.29 is 5.11 Å². The number of aromatic nitrogens is 1. The summed E-state index contributed by atoms with van der Waals surface area (Å²) in [7, 11) is 0.